The molecule has 8 N–H and O–H groups in total. The van der Waals surface area contributed by atoms with Gasteiger partial charge in [-0.2, -0.15) is 4.99 Å². The van der Waals surface area contributed by atoms with E-state index in [0.717, 1.165) is 16.6 Å². The lowest BCUT2D eigenvalue weighted by atomic mass is 10.2. The number of nitrogens with two attached hydrogens (primary N) is 3. The van der Waals surface area contributed by atoms with E-state index in [1.54, 1.807) is 36.4 Å². The van der Waals surface area contributed by atoms with Crippen LogP contribution in [0.5, 0.6) is 5.75 Å². The zero-order valence-corrected chi connectivity index (χ0v) is 12.1. The number of benzene rings is 2. The van der Waals surface area contributed by atoms with E-state index in [-0.39, 0.29) is 17.7 Å². The van der Waals surface area contributed by atoms with Crippen molar-refractivity contribution in [3.05, 3.63) is 42.5 Å². The van der Waals surface area contributed by atoms with E-state index >= 15 is 0 Å². The molecule has 0 fully saturated rings. The number of hydrogen-bond acceptors (Lipinski definition) is 3. The molecule has 23 heavy (non-hydrogen) atoms. The van der Waals surface area contributed by atoms with Gasteiger partial charge in [-0.05, 0) is 30.3 Å². The minimum absolute atomic E-state index is 0.0305. The van der Waals surface area contributed by atoms with Crippen molar-refractivity contribution in [3.63, 3.8) is 0 Å². The van der Waals surface area contributed by atoms with E-state index < -0.39 is 0 Å². The quantitative estimate of drug-likeness (QED) is 0.355. The summed E-state index contributed by atoms with van der Waals surface area (Å²) in [5.74, 6) is 0.643. The average molecular weight is 309 g/mol. The van der Waals surface area contributed by atoms with Gasteiger partial charge < -0.3 is 27.3 Å². The Morgan fingerprint density at radius 1 is 1.09 bits per heavy atom. The highest BCUT2D eigenvalue weighted by molar-refractivity contribution is 5.94. The Labute approximate surface area is 131 Å². The summed E-state index contributed by atoms with van der Waals surface area (Å²) in [6.45, 7) is 0. The summed E-state index contributed by atoms with van der Waals surface area (Å²) in [6.07, 6.45) is 0. The molecule has 0 bridgehead atoms. The topological polar surface area (TPSA) is 152 Å². The molecule has 0 spiro atoms. The largest absolute Gasteiger partial charge is 0.508 e. The second kappa shape index (κ2) is 5.68. The van der Waals surface area contributed by atoms with Crippen molar-refractivity contribution in [2.45, 2.75) is 0 Å². The maximum Gasteiger partial charge on any atom is 0.223 e. The van der Waals surface area contributed by atoms with Crippen LogP contribution in [-0.4, -0.2) is 27.0 Å². The van der Waals surface area contributed by atoms with Crippen molar-refractivity contribution < 1.29 is 5.11 Å². The summed E-state index contributed by atoms with van der Waals surface area (Å²) < 4.78 is 0. The molecule has 116 valence electrons. The first kappa shape index (κ1) is 14.4. The third kappa shape index (κ3) is 3.21. The molecule has 0 radical (unpaired) electrons. The minimum atomic E-state index is -0.153. The van der Waals surface area contributed by atoms with Gasteiger partial charge in [-0.15, -0.1) is 0 Å². The van der Waals surface area contributed by atoms with Gasteiger partial charge in [0.15, 0.2) is 5.96 Å². The van der Waals surface area contributed by atoms with Crippen LogP contribution in [-0.2, 0) is 0 Å². The molecule has 1 heterocycles. The first-order chi connectivity index (χ1) is 11.0. The number of hydrogen-bond donors (Lipinski definition) is 5. The van der Waals surface area contributed by atoms with E-state index in [9.17, 15) is 5.11 Å². The molecule has 0 unspecified atom stereocenters. The number of aromatic amines is 1. The zero-order chi connectivity index (χ0) is 16.4. The van der Waals surface area contributed by atoms with Gasteiger partial charge in [0, 0.05) is 5.56 Å². The second-order valence-corrected chi connectivity index (χ2v) is 4.84. The molecule has 0 amide bonds. The number of aromatic hydroxyl groups is 1. The lowest BCUT2D eigenvalue weighted by Gasteiger charge is -1.96. The molecule has 3 rings (SSSR count). The molecule has 0 aliphatic heterocycles. The van der Waals surface area contributed by atoms with Gasteiger partial charge in [0.2, 0.25) is 5.96 Å². The highest BCUT2D eigenvalue weighted by Crippen LogP contribution is 2.25. The summed E-state index contributed by atoms with van der Waals surface area (Å²) in [6, 6.07) is 12.2. The summed E-state index contributed by atoms with van der Waals surface area (Å²) in [7, 11) is 0. The Balaban J connectivity index is 2.00. The number of H-pyrrole nitrogens is 1. The van der Waals surface area contributed by atoms with Crippen LogP contribution in [0.15, 0.2) is 52.4 Å². The maximum absolute atomic E-state index is 9.56. The Kier molecular flexibility index (Phi) is 3.55. The number of nitrogens with zero attached hydrogens (tertiary/aromatic N) is 3. The van der Waals surface area contributed by atoms with Crippen LogP contribution < -0.4 is 17.2 Å². The van der Waals surface area contributed by atoms with E-state index in [2.05, 4.69) is 20.0 Å². The summed E-state index contributed by atoms with van der Waals surface area (Å²) in [5.41, 5.74) is 19.0. The lowest BCUT2D eigenvalue weighted by Crippen LogP contribution is -2.26. The normalized spacial score (nSPS) is 11.6. The Morgan fingerprint density at radius 3 is 2.65 bits per heavy atom. The number of aliphatic imine (C=N–C) groups is 2. The minimum Gasteiger partial charge on any atom is -0.508 e. The third-order valence-electron chi connectivity index (χ3n) is 3.07. The Morgan fingerprint density at radius 2 is 1.91 bits per heavy atom. The van der Waals surface area contributed by atoms with Crippen molar-refractivity contribution >= 4 is 28.6 Å². The molecular formula is C15H15N7O. The summed E-state index contributed by atoms with van der Waals surface area (Å²) >= 11 is 0. The van der Waals surface area contributed by atoms with E-state index in [1.165, 1.54) is 0 Å². The highest BCUT2D eigenvalue weighted by Gasteiger charge is 2.06. The fourth-order valence-electron chi connectivity index (χ4n) is 2.15. The SMILES string of the molecule is NC(N)=NC(N)=Nc1ccc2nc(-c3cccc(O)c3)[nH]c2c1. The zero-order valence-electron chi connectivity index (χ0n) is 12.1. The standard InChI is InChI=1S/C15H15N7O/c16-14(17)22-15(18)19-9-4-5-11-12(7-9)21-13(20-11)8-2-1-3-10(23)6-8/h1-7,23H,(H,20,21)(H6,16,17,18,19,22). The summed E-state index contributed by atoms with van der Waals surface area (Å²) in [5, 5.41) is 9.56. The second-order valence-electron chi connectivity index (χ2n) is 4.84. The molecular weight excluding hydrogens is 294 g/mol. The molecule has 2 aromatic carbocycles. The number of imidazole rings is 1. The molecule has 0 aliphatic rings. The van der Waals surface area contributed by atoms with E-state index in [0.29, 0.717) is 11.5 Å². The van der Waals surface area contributed by atoms with Crippen LogP contribution in [0.25, 0.3) is 22.4 Å². The number of rotatable bonds is 2. The average Bonchev–Trinajstić information content (AvgIpc) is 2.89. The fraction of sp³-hybridized carbons (Fsp3) is 0. The smallest absolute Gasteiger partial charge is 0.223 e. The van der Waals surface area contributed by atoms with Gasteiger partial charge in [-0.3, -0.25) is 0 Å². The monoisotopic (exact) mass is 309 g/mol. The number of phenolic OH excluding ortho intramolecular Hbond substituents is 1. The highest BCUT2D eigenvalue weighted by atomic mass is 16.3. The van der Waals surface area contributed by atoms with Crippen molar-refractivity contribution in [3.8, 4) is 17.1 Å². The molecule has 8 heteroatoms. The van der Waals surface area contributed by atoms with Crippen molar-refractivity contribution in [1.29, 1.82) is 0 Å². The van der Waals surface area contributed by atoms with E-state index in [1.807, 2.05) is 6.07 Å². The molecule has 1 aromatic heterocycles. The predicted molar refractivity (Wildman–Crippen MR) is 90.3 cm³/mol. The lowest BCUT2D eigenvalue weighted by molar-refractivity contribution is 0.475. The van der Waals surface area contributed by atoms with Gasteiger partial charge in [0.05, 0.1) is 16.7 Å². The molecule has 3 aromatic rings. The predicted octanol–water partition coefficient (Wildman–Crippen LogP) is 1.16. The van der Waals surface area contributed by atoms with Gasteiger partial charge in [-0.25, -0.2) is 9.98 Å². The van der Waals surface area contributed by atoms with E-state index in [4.69, 9.17) is 17.2 Å². The first-order valence-electron chi connectivity index (χ1n) is 6.74. The molecule has 0 saturated carbocycles. The van der Waals surface area contributed by atoms with Crippen LogP contribution in [0.4, 0.5) is 5.69 Å². The number of phenols is 1. The molecule has 0 aliphatic carbocycles. The van der Waals surface area contributed by atoms with Crippen LogP contribution in [0.1, 0.15) is 0 Å². The number of nitrogens with one attached hydrogen (secondary N) is 1. The van der Waals surface area contributed by atoms with Gasteiger partial charge in [0.1, 0.15) is 11.6 Å². The third-order valence-corrected chi connectivity index (χ3v) is 3.07. The molecule has 0 saturated heterocycles. The van der Waals surface area contributed by atoms with Crippen molar-refractivity contribution in [1.82, 2.24) is 9.97 Å². The van der Waals surface area contributed by atoms with Crippen LogP contribution >= 0.6 is 0 Å². The van der Waals surface area contributed by atoms with Crippen molar-refractivity contribution in [2.75, 3.05) is 0 Å². The fourth-order valence-corrected chi connectivity index (χ4v) is 2.15. The summed E-state index contributed by atoms with van der Waals surface area (Å²) in [4.78, 5) is 15.4. The Bertz CT molecular complexity index is 922. The molecule has 8 nitrogen and oxygen atoms in total. The van der Waals surface area contributed by atoms with Crippen LogP contribution in [0, 0.1) is 0 Å². The first-order valence-corrected chi connectivity index (χ1v) is 6.74. The van der Waals surface area contributed by atoms with Crippen molar-refractivity contribution in [2.24, 2.45) is 27.2 Å². The van der Waals surface area contributed by atoms with Crippen LogP contribution in [0.3, 0.4) is 0 Å². The molecule has 0 atom stereocenters. The number of guanidine groups is 2. The van der Waals surface area contributed by atoms with Gasteiger partial charge in [-0.1, -0.05) is 12.1 Å². The van der Waals surface area contributed by atoms with Gasteiger partial charge in [0.25, 0.3) is 0 Å². The number of fused-ring (bicyclic) bond motifs is 1. The Hall–Kier alpha value is -3.55. The van der Waals surface area contributed by atoms with Crippen LogP contribution in [0.2, 0.25) is 0 Å². The van der Waals surface area contributed by atoms with Gasteiger partial charge >= 0.3 is 0 Å². The maximum atomic E-state index is 9.56. The number of aromatic nitrogens is 2.